The lowest BCUT2D eigenvalue weighted by Crippen LogP contribution is -2.53. The Morgan fingerprint density at radius 3 is 1.83 bits per heavy atom. The maximum Gasteiger partial charge on any atom is 0.490 e. The summed E-state index contributed by atoms with van der Waals surface area (Å²) in [5.41, 5.74) is -0.545. The zero-order valence-corrected chi connectivity index (χ0v) is 18.6. The summed E-state index contributed by atoms with van der Waals surface area (Å²) in [4.78, 5) is 31.3. The molecular weight excluding hydrogens is 461 g/mol. The third-order valence-electron chi connectivity index (χ3n) is 2.67. The van der Waals surface area contributed by atoms with E-state index in [-0.39, 0.29) is 12.3 Å². The lowest BCUT2D eigenvalue weighted by molar-refractivity contribution is -0.192. The number of hydrogen-bond acceptors (Lipinski definition) is 7. The number of carboxylic acids is 2. The van der Waals surface area contributed by atoms with Gasteiger partial charge in [-0.05, 0) is 5.41 Å². The van der Waals surface area contributed by atoms with Crippen molar-refractivity contribution in [3.63, 3.8) is 0 Å². The van der Waals surface area contributed by atoms with E-state index in [2.05, 4.69) is 10.0 Å². The van der Waals surface area contributed by atoms with Gasteiger partial charge in [0.15, 0.2) is 0 Å². The molecule has 172 valence electrons. The molecule has 0 aliphatic carbocycles. The molecule has 1 amide bonds. The molecule has 15 heteroatoms. The highest BCUT2D eigenvalue weighted by Crippen LogP contribution is 2.22. The van der Waals surface area contributed by atoms with Crippen LogP contribution >= 0.6 is 21.6 Å². The molecule has 0 bridgehead atoms. The van der Waals surface area contributed by atoms with E-state index < -0.39 is 39.6 Å². The minimum absolute atomic E-state index is 0.106. The van der Waals surface area contributed by atoms with Crippen LogP contribution in [0.4, 0.5) is 13.2 Å². The summed E-state index contributed by atoms with van der Waals surface area (Å²) in [6.07, 6.45) is -3.96. The summed E-state index contributed by atoms with van der Waals surface area (Å²) < 4.78 is 56.8. The molecule has 4 N–H and O–H groups in total. The molecule has 0 spiro atoms. The first kappa shape index (κ1) is 30.0. The largest absolute Gasteiger partial charge is 0.490 e. The number of carbonyl (C=O) groups excluding carboxylic acids is 1. The van der Waals surface area contributed by atoms with Crippen LogP contribution in [0.1, 0.15) is 27.2 Å². The van der Waals surface area contributed by atoms with E-state index in [1.54, 1.807) is 20.8 Å². The molecule has 0 saturated carbocycles. The number of sulfonamides is 1. The van der Waals surface area contributed by atoms with Crippen molar-refractivity contribution in [2.24, 2.45) is 5.41 Å². The molecule has 0 aromatic carbocycles. The van der Waals surface area contributed by atoms with Gasteiger partial charge in [-0.25, -0.2) is 17.9 Å². The fourth-order valence-corrected chi connectivity index (χ4v) is 4.18. The summed E-state index contributed by atoms with van der Waals surface area (Å²) in [6, 6.07) is -0.841. The first-order valence-corrected chi connectivity index (χ1v) is 12.3. The molecular formula is C14H25F3N2O7S3. The Hall–Kier alpha value is -1.19. The summed E-state index contributed by atoms with van der Waals surface area (Å²) >= 11 is 0. The Bertz CT molecular complexity index is 650. The number of halogens is 3. The molecule has 0 saturated heterocycles. The number of alkyl halides is 3. The van der Waals surface area contributed by atoms with Crippen molar-refractivity contribution in [2.75, 3.05) is 24.3 Å². The van der Waals surface area contributed by atoms with E-state index in [1.807, 2.05) is 0 Å². The van der Waals surface area contributed by atoms with Gasteiger partial charge in [0.1, 0.15) is 6.04 Å². The van der Waals surface area contributed by atoms with Crippen molar-refractivity contribution in [1.82, 2.24) is 10.0 Å². The van der Waals surface area contributed by atoms with Crippen LogP contribution in [0.3, 0.4) is 0 Å². The number of amides is 1. The number of aliphatic carboxylic acids is 2. The zero-order valence-electron chi connectivity index (χ0n) is 16.2. The summed E-state index contributed by atoms with van der Waals surface area (Å²) in [7, 11) is -0.578. The summed E-state index contributed by atoms with van der Waals surface area (Å²) in [5, 5.41) is 18.3. The average Bonchev–Trinajstić information content (AvgIpc) is 2.49. The normalized spacial score (nSPS) is 13.1. The first-order valence-electron chi connectivity index (χ1n) is 7.89. The van der Waals surface area contributed by atoms with E-state index in [1.165, 1.54) is 21.6 Å². The monoisotopic (exact) mass is 486 g/mol. The second-order valence-corrected chi connectivity index (χ2v) is 11.1. The zero-order chi connectivity index (χ0) is 23.5. The van der Waals surface area contributed by atoms with Gasteiger partial charge in [0.2, 0.25) is 15.9 Å². The van der Waals surface area contributed by atoms with E-state index >= 15 is 0 Å². The molecule has 29 heavy (non-hydrogen) atoms. The number of carbonyl (C=O) groups is 3. The van der Waals surface area contributed by atoms with Gasteiger partial charge in [-0.1, -0.05) is 42.4 Å². The van der Waals surface area contributed by atoms with Crippen LogP contribution in [0, 0.1) is 5.41 Å². The highest BCUT2D eigenvalue weighted by atomic mass is 33.1. The van der Waals surface area contributed by atoms with E-state index in [0.29, 0.717) is 18.1 Å². The van der Waals surface area contributed by atoms with Crippen LogP contribution in [-0.4, -0.2) is 73.0 Å². The Balaban J connectivity index is 0. The molecule has 0 radical (unpaired) electrons. The Morgan fingerprint density at radius 1 is 1.03 bits per heavy atom. The molecule has 9 nitrogen and oxygen atoms in total. The van der Waals surface area contributed by atoms with Gasteiger partial charge < -0.3 is 15.5 Å². The van der Waals surface area contributed by atoms with E-state index in [9.17, 15) is 31.2 Å². The lowest BCUT2D eigenvalue weighted by Gasteiger charge is -2.29. The average molecular weight is 487 g/mol. The Kier molecular flexibility index (Phi) is 13.6. The fourth-order valence-electron chi connectivity index (χ4n) is 1.40. The summed E-state index contributed by atoms with van der Waals surface area (Å²) in [5.74, 6) is -2.83. The van der Waals surface area contributed by atoms with E-state index in [0.717, 1.165) is 6.26 Å². The van der Waals surface area contributed by atoms with Crippen LogP contribution in [0.5, 0.6) is 0 Å². The standard InChI is InChI=1S/C12H24N2O5S3.C2HF3O2/c1-12(2,3)10(14-22(4,18)19)11(17)13-6-8-21-20-7-5-9(15)16;3-2(4,5)1(6)7/h10,14H,5-8H2,1-4H3,(H,13,17)(H,15,16);(H,6,7). The van der Waals surface area contributed by atoms with E-state index in [4.69, 9.17) is 15.0 Å². The number of carboxylic acid groups (broad SMARTS) is 2. The fraction of sp³-hybridized carbons (Fsp3) is 0.786. The van der Waals surface area contributed by atoms with Gasteiger partial charge in [-0.3, -0.25) is 9.59 Å². The smallest absolute Gasteiger partial charge is 0.481 e. The topological polar surface area (TPSA) is 150 Å². The molecule has 0 rings (SSSR count). The predicted octanol–water partition coefficient (Wildman–Crippen LogP) is 1.56. The van der Waals surface area contributed by atoms with Crippen LogP contribution in [-0.2, 0) is 24.4 Å². The van der Waals surface area contributed by atoms with Gasteiger partial charge in [0.05, 0.1) is 12.7 Å². The second-order valence-electron chi connectivity index (χ2n) is 6.57. The predicted molar refractivity (Wildman–Crippen MR) is 105 cm³/mol. The van der Waals surface area contributed by atoms with Crippen molar-refractivity contribution in [3.8, 4) is 0 Å². The maximum absolute atomic E-state index is 12.1. The highest BCUT2D eigenvalue weighted by molar-refractivity contribution is 8.76. The van der Waals surface area contributed by atoms with Crippen LogP contribution in [0.2, 0.25) is 0 Å². The molecule has 0 fully saturated rings. The number of rotatable bonds is 10. The highest BCUT2D eigenvalue weighted by Gasteiger charge is 2.38. The van der Waals surface area contributed by atoms with Crippen LogP contribution in [0.15, 0.2) is 0 Å². The van der Waals surface area contributed by atoms with Crippen molar-refractivity contribution >= 4 is 49.5 Å². The van der Waals surface area contributed by atoms with Gasteiger partial charge in [0, 0.05) is 18.1 Å². The van der Waals surface area contributed by atoms with Crippen molar-refractivity contribution in [3.05, 3.63) is 0 Å². The number of nitrogens with one attached hydrogen (secondary N) is 2. The minimum Gasteiger partial charge on any atom is -0.481 e. The third-order valence-corrected chi connectivity index (χ3v) is 5.74. The third kappa shape index (κ3) is 18.6. The molecule has 1 atom stereocenters. The molecule has 0 aromatic rings. The maximum atomic E-state index is 12.1. The molecule has 1 unspecified atom stereocenters. The second kappa shape index (κ2) is 13.2. The van der Waals surface area contributed by atoms with Crippen molar-refractivity contribution < 1.29 is 46.2 Å². The molecule has 0 heterocycles. The Morgan fingerprint density at radius 2 is 1.48 bits per heavy atom. The summed E-state index contributed by atoms with van der Waals surface area (Å²) in [6.45, 7) is 5.74. The molecule has 0 aliphatic heterocycles. The van der Waals surface area contributed by atoms with Crippen molar-refractivity contribution in [2.45, 2.75) is 39.4 Å². The van der Waals surface area contributed by atoms with Gasteiger partial charge >= 0.3 is 18.1 Å². The minimum atomic E-state index is -5.08. The molecule has 0 aromatic heterocycles. The Labute approximate surface area is 175 Å². The number of hydrogen-bond donors (Lipinski definition) is 4. The first-order chi connectivity index (χ1) is 12.9. The van der Waals surface area contributed by atoms with Gasteiger partial charge in [-0.2, -0.15) is 13.2 Å². The van der Waals surface area contributed by atoms with Gasteiger partial charge in [0.25, 0.3) is 0 Å². The SMILES string of the molecule is CC(C)(C)C(NS(C)(=O)=O)C(=O)NCCSSCCC(=O)O.O=C(O)C(F)(F)F. The quantitative estimate of drug-likeness (QED) is 0.266. The van der Waals surface area contributed by atoms with Crippen LogP contribution in [0.25, 0.3) is 0 Å². The van der Waals surface area contributed by atoms with Crippen LogP contribution < -0.4 is 10.0 Å². The molecule has 0 aliphatic rings. The van der Waals surface area contributed by atoms with Gasteiger partial charge in [-0.15, -0.1) is 0 Å². The lowest BCUT2D eigenvalue weighted by atomic mass is 9.87. The van der Waals surface area contributed by atoms with Crippen molar-refractivity contribution in [1.29, 1.82) is 0 Å².